The normalized spacial score (nSPS) is 13.8. The molecule has 1 aliphatic rings. The molecule has 11 heteroatoms. The van der Waals surface area contributed by atoms with Gasteiger partial charge in [0.2, 0.25) is 17.3 Å². The Morgan fingerprint density at radius 1 is 1.38 bits per heavy atom. The van der Waals surface area contributed by atoms with Crippen molar-refractivity contribution in [3.8, 4) is 5.75 Å². The fourth-order valence-electron chi connectivity index (χ4n) is 3.56. The van der Waals surface area contributed by atoms with Gasteiger partial charge in [0.1, 0.15) is 12.2 Å². The van der Waals surface area contributed by atoms with Crippen LogP contribution in [-0.4, -0.2) is 51.2 Å². The number of allylic oxidation sites excluding steroid dienone is 1. The highest BCUT2D eigenvalue weighted by Gasteiger charge is 2.33. The number of halogens is 2. The Balaban J connectivity index is 1.94. The Labute approximate surface area is 194 Å². The topological polar surface area (TPSA) is 108 Å². The summed E-state index contributed by atoms with van der Waals surface area (Å²) in [5.74, 6) is -4.26. The first-order valence-electron chi connectivity index (χ1n) is 10.7. The molecule has 34 heavy (non-hydrogen) atoms. The van der Waals surface area contributed by atoms with E-state index in [1.54, 1.807) is 18.0 Å². The number of pyridine rings is 2. The second kappa shape index (κ2) is 10.3. The predicted octanol–water partition coefficient (Wildman–Crippen LogP) is 1.90. The number of hydrogen-bond acceptors (Lipinski definition) is 6. The van der Waals surface area contributed by atoms with Crippen LogP contribution in [0.3, 0.4) is 0 Å². The van der Waals surface area contributed by atoms with Crippen LogP contribution in [0.2, 0.25) is 0 Å². The van der Waals surface area contributed by atoms with Gasteiger partial charge in [0.05, 0.1) is 0 Å². The van der Waals surface area contributed by atoms with Crippen molar-refractivity contribution in [3.05, 3.63) is 75.7 Å². The summed E-state index contributed by atoms with van der Waals surface area (Å²) >= 11 is 0. The molecule has 0 saturated heterocycles. The Morgan fingerprint density at radius 2 is 2.12 bits per heavy atom. The Morgan fingerprint density at radius 3 is 2.76 bits per heavy atom. The van der Waals surface area contributed by atoms with Crippen molar-refractivity contribution in [2.75, 3.05) is 24.8 Å². The average molecular weight is 473 g/mol. The molecule has 3 heterocycles. The van der Waals surface area contributed by atoms with Crippen LogP contribution in [0.5, 0.6) is 5.75 Å². The zero-order valence-electron chi connectivity index (χ0n) is 18.8. The van der Waals surface area contributed by atoms with Gasteiger partial charge in [-0.2, -0.15) is 13.8 Å². The molecule has 2 amide bonds. The molecule has 2 aromatic rings. The molecule has 0 bridgehead atoms. The van der Waals surface area contributed by atoms with Crippen LogP contribution < -0.4 is 15.8 Å². The van der Waals surface area contributed by atoms with Crippen molar-refractivity contribution in [1.29, 1.82) is 0 Å². The monoisotopic (exact) mass is 473 g/mol. The number of carbonyl (C=O) groups excluding carboxylic acids is 2. The highest BCUT2D eigenvalue weighted by atomic mass is 19.1. The zero-order valence-corrected chi connectivity index (χ0v) is 18.8. The molecular weight excluding hydrogens is 448 g/mol. The van der Waals surface area contributed by atoms with E-state index in [9.17, 15) is 28.3 Å². The molecule has 2 aromatic heterocycles. The Bertz CT molecular complexity index is 1220. The summed E-state index contributed by atoms with van der Waals surface area (Å²) in [5, 5.41) is 14.7. The van der Waals surface area contributed by atoms with Crippen molar-refractivity contribution in [1.82, 2.24) is 19.9 Å². The van der Waals surface area contributed by atoms with Gasteiger partial charge >= 0.3 is 0 Å². The third-order valence-corrected chi connectivity index (χ3v) is 5.50. The number of rotatable bonds is 8. The summed E-state index contributed by atoms with van der Waals surface area (Å²) < 4.78 is 28.1. The number of amides is 2. The van der Waals surface area contributed by atoms with E-state index >= 15 is 0 Å². The molecule has 0 radical (unpaired) electrons. The molecule has 2 N–H and O–H groups in total. The molecule has 0 aromatic carbocycles. The second-order valence-electron chi connectivity index (χ2n) is 7.85. The van der Waals surface area contributed by atoms with Gasteiger partial charge < -0.3 is 15.3 Å². The van der Waals surface area contributed by atoms with Gasteiger partial charge in [0, 0.05) is 31.4 Å². The molecule has 3 rings (SSSR count). The maximum Gasteiger partial charge on any atom is 0.277 e. The van der Waals surface area contributed by atoms with E-state index in [2.05, 4.69) is 22.6 Å². The maximum absolute atomic E-state index is 13.8. The maximum atomic E-state index is 13.8. The smallest absolute Gasteiger partial charge is 0.277 e. The highest BCUT2D eigenvalue weighted by molar-refractivity contribution is 5.99. The molecule has 0 unspecified atom stereocenters. The highest BCUT2D eigenvalue weighted by Crippen LogP contribution is 2.22. The number of aromatic hydroxyl groups is 1. The summed E-state index contributed by atoms with van der Waals surface area (Å²) in [6, 6.07) is 2.06. The van der Waals surface area contributed by atoms with E-state index in [4.69, 9.17) is 0 Å². The van der Waals surface area contributed by atoms with E-state index in [0.29, 0.717) is 19.5 Å². The van der Waals surface area contributed by atoms with Crippen molar-refractivity contribution < 1.29 is 23.5 Å². The first-order valence-corrected chi connectivity index (χ1v) is 10.7. The number of nitrogens with zero attached hydrogens (tertiary/aromatic N) is 4. The third kappa shape index (κ3) is 4.99. The molecule has 1 atom stereocenters. The lowest BCUT2D eigenvalue weighted by Gasteiger charge is -2.39. The summed E-state index contributed by atoms with van der Waals surface area (Å²) in [6.07, 6.45) is 3.64. The van der Waals surface area contributed by atoms with Crippen molar-refractivity contribution in [2.24, 2.45) is 5.92 Å². The first-order chi connectivity index (χ1) is 16.2. The molecule has 0 saturated carbocycles. The van der Waals surface area contributed by atoms with Gasteiger partial charge in [-0.15, -0.1) is 5.73 Å². The lowest BCUT2D eigenvalue weighted by molar-refractivity contribution is 0.0695. The van der Waals surface area contributed by atoms with Crippen LogP contribution in [0, 0.1) is 17.8 Å². The van der Waals surface area contributed by atoms with Gasteiger partial charge in [0.25, 0.3) is 11.8 Å². The molecule has 180 valence electrons. The van der Waals surface area contributed by atoms with Crippen LogP contribution >= 0.6 is 0 Å². The van der Waals surface area contributed by atoms with E-state index < -0.39 is 40.5 Å². The SMILES string of the molecule is C=C=C[C@@H](C)CCN1CN(CC)C(=O)c2c(O)c(=O)c(C(=O)NCc3ccc(F)nc3F)cn21. The van der Waals surface area contributed by atoms with Crippen LogP contribution in [0.15, 0.2) is 41.5 Å². The summed E-state index contributed by atoms with van der Waals surface area (Å²) in [5.41, 5.74) is 0.935. The summed E-state index contributed by atoms with van der Waals surface area (Å²) in [6.45, 7) is 7.91. The number of fused-ring (bicyclic) bond motifs is 1. The summed E-state index contributed by atoms with van der Waals surface area (Å²) in [7, 11) is 0. The van der Waals surface area contributed by atoms with Crippen LogP contribution in [0.1, 0.15) is 46.7 Å². The number of hydrogen-bond donors (Lipinski definition) is 2. The molecule has 0 aliphatic carbocycles. The van der Waals surface area contributed by atoms with Crippen LogP contribution in [0.4, 0.5) is 8.78 Å². The quantitative estimate of drug-likeness (QED) is 0.448. The minimum absolute atomic E-state index is 0.0864. The minimum atomic E-state index is -1.09. The number of aromatic nitrogens is 2. The van der Waals surface area contributed by atoms with E-state index in [1.165, 1.54) is 15.8 Å². The second-order valence-corrected chi connectivity index (χ2v) is 7.85. The van der Waals surface area contributed by atoms with Crippen LogP contribution in [-0.2, 0) is 6.54 Å². The average Bonchev–Trinajstić information content (AvgIpc) is 2.80. The van der Waals surface area contributed by atoms with Gasteiger partial charge in [-0.3, -0.25) is 24.1 Å². The molecule has 0 fully saturated rings. The van der Waals surface area contributed by atoms with Crippen molar-refractivity contribution in [3.63, 3.8) is 0 Å². The lowest BCUT2D eigenvalue weighted by atomic mass is 10.1. The molecule has 1 aliphatic heterocycles. The predicted molar refractivity (Wildman–Crippen MR) is 120 cm³/mol. The zero-order chi connectivity index (χ0) is 25.0. The fourth-order valence-corrected chi connectivity index (χ4v) is 3.56. The van der Waals surface area contributed by atoms with E-state index in [-0.39, 0.29) is 30.4 Å². The largest absolute Gasteiger partial charge is 0.502 e. The van der Waals surface area contributed by atoms with Gasteiger partial charge in [-0.1, -0.05) is 13.5 Å². The molecule has 9 nitrogen and oxygen atoms in total. The van der Waals surface area contributed by atoms with Gasteiger partial charge in [0.15, 0.2) is 11.4 Å². The van der Waals surface area contributed by atoms with E-state index in [0.717, 1.165) is 12.1 Å². The number of carbonyl (C=O) groups is 2. The minimum Gasteiger partial charge on any atom is -0.502 e. The van der Waals surface area contributed by atoms with Crippen molar-refractivity contribution >= 4 is 11.8 Å². The van der Waals surface area contributed by atoms with Gasteiger partial charge in [-0.25, -0.2) is 0 Å². The standard InChI is InChI=1S/C23H25F2N5O4/c1-4-6-14(3)9-10-29-13-28(5-2)23(34)18-20(32)19(31)16(12-30(18)29)22(33)26-11-15-7-8-17(24)27-21(15)25/h6-8,12,14,32H,1,5,9-11,13H2,2-3H3,(H,26,33)/t14-/m1/s1. The molecule has 0 spiro atoms. The van der Waals surface area contributed by atoms with E-state index in [1.807, 2.05) is 6.92 Å². The number of nitrogens with one attached hydrogen (secondary N) is 1. The lowest BCUT2D eigenvalue weighted by Crippen LogP contribution is -2.54. The Kier molecular flexibility index (Phi) is 7.47. The first kappa shape index (κ1) is 24.7. The Hall–Kier alpha value is -3.98. The van der Waals surface area contributed by atoms with Gasteiger partial charge in [-0.05, 0) is 37.5 Å². The third-order valence-electron chi connectivity index (χ3n) is 5.50. The molecular formula is C23H25F2N5O4. The van der Waals surface area contributed by atoms with Crippen LogP contribution in [0.25, 0.3) is 0 Å². The summed E-state index contributed by atoms with van der Waals surface area (Å²) in [4.78, 5) is 42.8. The van der Waals surface area contributed by atoms with Crippen molar-refractivity contribution in [2.45, 2.75) is 26.8 Å². The fraction of sp³-hybridized carbons (Fsp3) is 0.348.